The third-order valence-electron chi connectivity index (χ3n) is 2.80. The molecule has 1 atom stereocenters. The third-order valence-corrected chi connectivity index (χ3v) is 2.80. The first-order chi connectivity index (χ1) is 9.65. The maximum absolute atomic E-state index is 12.2. The summed E-state index contributed by atoms with van der Waals surface area (Å²) in [4.78, 5) is 0. The lowest BCUT2D eigenvalue weighted by atomic mass is 10.1. The van der Waals surface area contributed by atoms with E-state index in [1.165, 1.54) is 6.07 Å². The summed E-state index contributed by atoms with van der Waals surface area (Å²) in [7, 11) is 0. The zero-order valence-electron chi connectivity index (χ0n) is 11.0. The molecule has 0 radical (unpaired) electrons. The summed E-state index contributed by atoms with van der Waals surface area (Å²) in [6.07, 6.45) is 1.61. The average Bonchev–Trinajstić information content (AvgIpc) is 2.45. The van der Waals surface area contributed by atoms with Gasteiger partial charge >= 0.3 is 6.61 Å². The van der Waals surface area contributed by atoms with E-state index in [9.17, 15) is 8.78 Å². The Morgan fingerprint density at radius 1 is 1.25 bits per heavy atom. The summed E-state index contributed by atoms with van der Waals surface area (Å²) < 4.78 is 28.7. The topological polar surface area (TPSA) is 47.0 Å². The fourth-order valence-corrected chi connectivity index (χ4v) is 1.76. The van der Waals surface area contributed by atoms with Crippen molar-refractivity contribution in [3.05, 3.63) is 53.9 Å². The van der Waals surface area contributed by atoms with Gasteiger partial charge in [0, 0.05) is 18.8 Å². The van der Waals surface area contributed by atoms with Crippen LogP contribution in [-0.4, -0.2) is 16.8 Å². The monoisotopic (exact) mass is 279 g/mol. The molecule has 20 heavy (non-hydrogen) atoms. The smallest absolute Gasteiger partial charge is 0.387 e. The molecule has 2 aromatic rings. The highest BCUT2D eigenvalue weighted by Gasteiger charge is 2.09. The van der Waals surface area contributed by atoms with E-state index in [2.05, 4.69) is 20.3 Å². The van der Waals surface area contributed by atoms with Gasteiger partial charge in [0.05, 0.1) is 5.69 Å². The summed E-state index contributed by atoms with van der Waals surface area (Å²) in [5.74, 6) is 0.158. The van der Waals surface area contributed by atoms with Crippen LogP contribution in [-0.2, 0) is 6.54 Å². The number of nitrogens with one attached hydrogen (secondary N) is 1. The van der Waals surface area contributed by atoms with E-state index in [0.717, 1.165) is 11.3 Å². The quantitative estimate of drug-likeness (QED) is 0.883. The highest BCUT2D eigenvalue weighted by atomic mass is 19.3. The normalized spacial score (nSPS) is 12.4. The maximum atomic E-state index is 12.2. The van der Waals surface area contributed by atoms with Crippen molar-refractivity contribution in [1.82, 2.24) is 15.5 Å². The predicted octanol–water partition coefficient (Wildman–Crippen LogP) is 2.93. The van der Waals surface area contributed by atoms with Crippen molar-refractivity contribution in [2.24, 2.45) is 0 Å². The van der Waals surface area contributed by atoms with Gasteiger partial charge in [-0.05, 0) is 36.8 Å². The van der Waals surface area contributed by atoms with Crippen LogP contribution >= 0.6 is 0 Å². The van der Waals surface area contributed by atoms with Crippen molar-refractivity contribution in [2.75, 3.05) is 0 Å². The zero-order chi connectivity index (χ0) is 14.4. The number of hydrogen-bond acceptors (Lipinski definition) is 4. The molecule has 2 rings (SSSR count). The minimum absolute atomic E-state index is 0.0155. The minimum Gasteiger partial charge on any atom is -0.435 e. The zero-order valence-corrected chi connectivity index (χ0v) is 11.0. The van der Waals surface area contributed by atoms with Crippen molar-refractivity contribution in [3.8, 4) is 5.75 Å². The third kappa shape index (κ3) is 4.24. The molecule has 0 saturated carbocycles. The lowest BCUT2D eigenvalue weighted by molar-refractivity contribution is -0.0499. The Kier molecular flexibility index (Phi) is 4.95. The van der Waals surface area contributed by atoms with Crippen LogP contribution in [0.2, 0.25) is 0 Å². The molecule has 1 aromatic heterocycles. The van der Waals surface area contributed by atoms with E-state index in [1.54, 1.807) is 18.3 Å². The van der Waals surface area contributed by atoms with Gasteiger partial charge in [0.1, 0.15) is 5.75 Å². The molecular formula is C14H15F2N3O. The second-order valence-electron chi connectivity index (χ2n) is 4.27. The molecule has 0 spiro atoms. The Balaban J connectivity index is 1.96. The van der Waals surface area contributed by atoms with Gasteiger partial charge in [0.2, 0.25) is 0 Å². The molecule has 0 amide bonds. The van der Waals surface area contributed by atoms with E-state index in [4.69, 9.17) is 0 Å². The maximum Gasteiger partial charge on any atom is 0.387 e. The SMILES string of the molecule is CC(NCc1cccnn1)c1cccc(OC(F)F)c1. The van der Waals surface area contributed by atoms with Crippen LogP contribution in [0, 0.1) is 0 Å². The number of alkyl halides is 2. The number of aromatic nitrogens is 2. The summed E-state index contributed by atoms with van der Waals surface area (Å²) >= 11 is 0. The van der Waals surface area contributed by atoms with Crippen molar-refractivity contribution >= 4 is 0 Å². The molecule has 6 heteroatoms. The molecule has 0 aliphatic rings. The molecule has 1 heterocycles. The number of ether oxygens (including phenoxy) is 1. The van der Waals surface area contributed by atoms with Crippen LogP contribution in [0.15, 0.2) is 42.6 Å². The Morgan fingerprint density at radius 2 is 2.10 bits per heavy atom. The van der Waals surface area contributed by atoms with Crippen molar-refractivity contribution in [1.29, 1.82) is 0 Å². The summed E-state index contributed by atoms with van der Waals surface area (Å²) in [6.45, 7) is -0.319. The molecule has 0 fully saturated rings. The molecule has 0 aliphatic carbocycles. The van der Waals surface area contributed by atoms with Gasteiger partial charge in [-0.2, -0.15) is 19.0 Å². The van der Waals surface area contributed by atoms with Gasteiger partial charge in [-0.25, -0.2) is 0 Å². The van der Waals surface area contributed by atoms with Crippen LogP contribution in [0.3, 0.4) is 0 Å². The average molecular weight is 279 g/mol. The minimum atomic E-state index is -2.81. The highest BCUT2D eigenvalue weighted by Crippen LogP contribution is 2.20. The number of halogens is 2. The van der Waals surface area contributed by atoms with E-state index < -0.39 is 6.61 Å². The number of benzene rings is 1. The Hall–Kier alpha value is -2.08. The molecule has 1 N–H and O–H groups in total. The highest BCUT2D eigenvalue weighted by molar-refractivity contribution is 5.30. The second-order valence-corrected chi connectivity index (χ2v) is 4.27. The molecule has 1 aromatic carbocycles. The Bertz CT molecular complexity index is 537. The summed E-state index contributed by atoms with van der Waals surface area (Å²) in [5.41, 5.74) is 1.69. The molecule has 0 bridgehead atoms. The van der Waals surface area contributed by atoms with Gasteiger partial charge in [0.25, 0.3) is 0 Å². The number of hydrogen-bond donors (Lipinski definition) is 1. The van der Waals surface area contributed by atoms with Gasteiger partial charge in [0.15, 0.2) is 0 Å². The molecule has 1 unspecified atom stereocenters. The molecule has 0 saturated heterocycles. The van der Waals surface area contributed by atoms with Gasteiger partial charge in [-0.15, -0.1) is 0 Å². The van der Waals surface area contributed by atoms with Crippen LogP contribution < -0.4 is 10.1 Å². The van der Waals surface area contributed by atoms with Crippen molar-refractivity contribution in [2.45, 2.75) is 26.1 Å². The van der Waals surface area contributed by atoms with Crippen LogP contribution in [0.5, 0.6) is 5.75 Å². The first kappa shape index (κ1) is 14.3. The first-order valence-corrected chi connectivity index (χ1v) is 6.20. The molecule has 106 valence electrons. The lowest BCUT2D eigenvalue weighted by Crippen LogP contribution is -2.19. The van der Waals surface area contributed by atoms with Gasteiger partial charge in [-0.3, -0.25) is 0 Å². The van der Waals surface area contributed by atoms with E-state index in [1.807, 2.05) is 25.1 Å². The standard InChI is InChI=1S/C14H15F2N3O/c1-10(17-9-12-5-3-7-18-19-12)11-4-2-6-13(8-11)20-14(15)16/h2-8,10,14,17H,9H2,1H3. The van der Waals surface area contributed by atoms with Gasteiger partial charge in [-0.1, -0.05) is 12.1 Å². The van der Waals surface area contributed by atoms with Crippen LogP contribution in [0.25, 0.3) is 0 Å². The number of rotatable bonds is 6. The largest absolute Gasteiger partial charge is 0.435 e. The first-order valence-electron chi connectivity index (χ1n) is 6.20. The fraction of sp³-hybridized carbons (Fsp3) is 0.286. The summed E-state index contributed by atoms with van der Waals surface area (Å²) in [6, 6.07) is 10.3. The molecule has 4 nitrogen and oxygen atoms in total. The Morgan fingerprint density at radius 3 is 2.80 bits per heavy atom. The lowest BCUT2D eigenvalue weighted by Gasteiger charge is -2.15. The van der Waals surface area contributed by atoms with Crippen molar-refractivity contribution < 1.29 is 13.5 Å². The summed E-state index contributed by atoms with van der Waals surface area (Å²) in [5, 5.41) is 11.0. The van der Waals surface area contributed by atoms with Crippen LogP contribution in [0.1, 0.15) is 24.2 Å². The van der Waals surface area contributed by atoms with Crippen molar-refractivity contribution in [3.63, 3.8) is 0 Å². The van der Waals surface area contributed by atoms with Crippen LogP contribution in [0.4, 0.5) is 8.78 Å². The molecular weight excluding hydrogens is 264 g/mol. The van der Waals surface area contributed by atoms with E-state index in [0.29, 0.717) is 6.54 Å². The molecule has 0 aliphatic heterocycles. The van der Waals surface area contributed by atoms with E-state index in [-0.39, 0.29) is 11.8 Å². The van der Waals surface area contributed by atoms with Gasteiger partial charge < -0.3 is 10.1 Å². The fourth-order valence-electron chi connectivity index (χ4n) is 1.76. The Labute approximate surface area is 115 Å². The number of nitrogens with zero attached hydrogens (tertiary/aromatic N) is 2. The predicted molar refractivity (Wildman–Crippen MR) is 70.4 cm³/mol. The second kappa shape index (κ2) is 6.91. The van der Waals surface area contributed by atoms with E-state index >= 15 is 0 Å².